The van der Waals surface area contributed by atoms with Crippen LogP contribution < -0.4 is 5.43 Å². The van der Waals surface area contributed by atoms with Gasteiger partial charge in [0.15, 0.2) is 5.76 Å². The number of ether oxygens (including phenoxy) is 1. The lowest BCUT2D eigenvalue weighted by molar-refractivity contribution is -0.797. The molecule has 1 unspecified atom stereocenters. The van der Waals surface area contributed by atoms with Gasteiger partial charge < -0.3 is 4.74 Å². The van der Waals surface area contributed by atoms with Crippen molar-refractivity contribution in [2.75, 3.05) is 7.11 Å². The third-order valence-corrected chi connectivity index (χ3v) is 4.15. The zero-order chi connectivity index (χ0) is 15.6. The van der Waals surface area contributed by atoms with Crippen LogP contribution in [0.4, 0.5) is 0 Å². The maximum atomic E-state index is 5.59. The van der Waals surface area contributed by atoms with Crippen molar-refractivity contribution in [3.63, 3.8) is 0 Å². The number of methoxy groups -OCH3 is 1. The van der Waals surface area contributed by atoms with Gasteiger partial charge in [0, 0.05) is 6.92 Å². The minimum Gasteiger partial charge on any atom is -0.491 e. The van der Waals surface area contributed by atoms with Crippen LogP contribution >= 0.6 is 0 Å². The molecule has 3 rings (SSSR count). The summed E-state index contributed by atoms with van der Waals surface area (Å²) in [5.74, 6) is 1.89. The van der Waals surface area contributed by atoms with E-state index < -0.39 is 0 Å². The Kier molecular flexibility index (Phi) is 3.96. The predicted molar refractivity (Wildman–Crippen MR) is 88.2 cm³/mol. The van der Waals surface area contributed by atoms with E-state index in [-0.39, 0.29) is 0 Å². The molecular weight excluding hydrogens is 274 g/mol. The molecule has 2 heterocycles. The van der Waals surface area contributed by atoms with Crippen LogP contribution in [0.1, 0.15) is 25.8 Å². The van der Waals surface area contributed by atoms with E-state index in [0.29, 0.717) is 4.59 Å². The first-order chi connectivity index (χ1) is 10.7. The van der Waals surface area contributed by atoms with E-state index in [0.717, 1.165) is 36.0 Å². The number of benzene rings is 1. The molecule has 2 aliphatic rings. The molecule has 0 bridgehead atoms. The number of hydrogen-bond donors (Lipinski definition) is 1. The van der Waals surface area contributed by atoms with E-state index in [1.165, 1.54) is 5.56 Å². The van der Waals surface area contributed by atoms with Crippen molar-refractivity contribution < 1.29 is 9.33 Å². The molecule has 0 spiro atoms. The van der Waals surface area contributed by atoms with E-state index in [1.54, 1.807) is 7.11 Å². The summed E-state index contributed by atoms with van der Waals surface area (Å²) < 4.78 is 6.03. The highest BCUT2D eigenvalue weighted by Crippen LogP contribution is 2.37. The van der Waals surface area contributed by atoms with Crippen molar-refractivity contribution in [2.45, 2.75) is 26.8 Å². The lowest BCUT2D eigenvalue weighted by Crippen LogP contribution is -2.55. The first-order valence-corrected chi connectivity index (χ1v) is 7.62. The molecule has 2 aliphatic heterocycles. The molecule has 0 aromatic heterocycles. The highest BCUT2D eigenvalue weighted by Gasteiger charge is 2.46. The Morgan fingerprint density at radius 3 is 2.68 bits per heavy atom. The molecule has 1 aromatic carbocycles. The Balaban J connectivity index is 1.96. The Bertz CT molecular complexity index is 686. The van der Waals surface area contributed by atoms with E-state index >= 15 is 0 Å². The van der Waals surface area contributed by atoms with Gasteiger partial charge in [-0.05, 0) is 24.1 Å². The van der Waals surface area contributed by atoms with Crippen LogP contribution in [0.15, 0.2) is 70.8 Å². The Morgan fingerprint density at radius 2 is 2.00 bits per heavy atom. The fraction of sp³-hybridized carbons (Fsp3) is 0.278. The molecule has 114 valence electrons. The van der Waals surface area contributed by atoms with Gasteiger partial charge in [0.1, 0.15) is 11.9 Å². The summed E-state index contributed by atoms with van der Waals surface area (Å²) in [7, 11) is 1.71. The number of nitrogens with zero attached hydrogens (tertiary/aromatic N) is 2. The van der Waals surface area contributed by atoms with Crippen molar-refractivity contribution >= 4 is 5.84 Å². The number of quaternary nitrogens is 1. The standard InChI is InChI=1S/C18H22N3O/c1-4-16-18-17(22-3)11-8-12-21(18,14(2)20-16)19-13-15-9-6-5-7-10-15/h5-12,19H,4,13H2,1-3H3/q+1. The predicted octanol–water partition coefficient (Wildman–Crippen LogP) is 3.62. The van der Waals surface area contributed by atoms with Crippen LogP contribution in [0.5, 0.6) is 0 Å². The van der Waals surface area contributed by atoms with Crippen LogP contribution in [-0.2, 0) is 11.3 Å². The Morgan fingerprint density at radius 1 is 1.23 bits per heavy atom. The summed E-state index contributed by atoms with van der Waals surface area (Å²) in [6, 6.07) is 10.4. The zero-order valence-electron chi connectivity index (χ0n) is 13.3. The lowest BCUT2D eigenvalue weighted by atomic mass is 10.1. The molecule has 0 fully saturated rings. The van der Waals surface area contributed by atoms with Crippen LogP contribution in [-0.4, -0.2) is 17.5 Å². The topological polar surface area (TPSA) is 33.6 Å². The molecule has 4 nitrogen and oxygen atoms in total. The van der Waals surface area contributed by atoms with Crippen molar-refractivity contribution in [3.05, 3.63) is 71.4 Å². The average molecular weight is 296 g/mol. The van der Waals surface area contributed by atoms with Gasteiger partial charge in [0.2, 0.25) is 11.5 Å². The third-order valence-electron chi connectivity index (χ3n) is 4.15. The first-order valence-electron chi connectivity index (χ1n) is 7.62. The first kappa shape index (κ1) is 14.8. The summed E-state index contributed by atoms with van der Waals surface area (Å²) in [5, 5.41) is 0. The van der Waals surface area contributed by atoms with Crippen molar-refractivity contribution in [1.82, 2.24) is 5.43 Å². The van der Waals surface area contributed by atoms with Gasteiger partial charge in [-0.1, -0.05) is 37.3 Å². The highest BCUT2D eigenvalue weighted by atomic mass is 16.5. The maximum Gasteiger partial charge on any atom is 0.229 e. The fourth-order valence-electron chi connectivity index (χ4n) is 3.00. The van der Waals surface area contributed by atoms with Crippen LogP contribution in [0, 0.1) is 0 Å². The molecule has 1 N–H and O–H groups in total. The smallest absolute Gasteiger partial charge is 0.229 e. The fourth-order valence-corrected chi connectivity index (χ4v) is 3.00. The summed E-state index contributed by atoms with van der Waals surface area (Å²) in [5.41, 5.74) is 7.05. The molecule has 1 atom stereocenters. The third kappa shape index (κ3) is 2.30. The largest absolute Gasteiger partial charge is 0.491 e. The van der Waals surface area contributed by atoms with Gasteiger partial charge in [-0.15, -0.1) is 10.0 Å². The van der Waals surface area contributed by atoms with Crippen molar-refractivity contribution in [3.8, 4) is 0 Å². The number of rotatable bonds is 5. The molecular formula is C18H22N3O+. The van der Waals surface area contributed by atoms with E-state index in [9.17, 15) is 0 Å². The average Bonchev–Trinajstić information content (AvgIpc) is 2.86. The minimum atomic E-state index is 0.442. The monoisotopic (exact) mass is 296 g/mol. The summed E-state index contributed by atoms with van der Waals surface area (Å²) in [4.78, 5) is 4.77. The maximum absolute atomic E-state index is 5.59. The van der Waals surface area contributed by atoms with E-state index in [4.69, 9.17) is 9.73 Å². The highest BCUT2D eigenvalue weighted by molar-refractivity contribution is 5.79. The van der Waals surface area contributed by atoms with E-state index in [2.05, 4.69) is 49.7 Å². The molecule has 0 aliphatic carbocycles. The zero-order valence-corrected chi connectivity index (χ0v) is 13.3. The Hall–Kier alpha value is -2.17. The Labute approximate surface area is 131 Å². The molecule has 0 saturated carbocycles. The van der Waals surface area contributed by atoms with Gasteiger partial charge in [-0.3, -0.25) is 0 Å². The second-order valence-electron chi connectivity index (χ2n) is 5.43. The minimum absolute atomic E-state index is 0.442. The number of hydrogen-bond acceptors (Lipinski definition) is 3. The van der Waals surface area contributed by atoms with Crippen molar-refractivity contribution in [2.24, 2.45) is 4.99 Å². The molecule has 22 heavy (non-hydrogen) atoms. The SMILES string of the molecule is CCC1=C2C(OC)=CC=C[N+]2(NCc2ccccc2)C(C)=N1. The molecule has 0 saturated heterocycles. The van der Waals surface area contributed by atoms with Crippen LogP contribution in [0.3, 0.4) is 0 Å². The summed E-state index contributed by atoms with van der Waals surface area (Å²) >= 11 is 0. The molecule has 0 radical (unpaired) electrons. The second kappa shape index (κ2) is 5.91. The second-order valence-corrected chi connectivity index (χ2v) is 5.43. The van der Waals surface area contributed by atoms with Gasteiger partial charge in [0.25, 0.3) is 0 Å². The number of allylic oxidation sites excluding steroid dienone is 3. The van der Waals surface area contributed by atoms with E-state index in [1.807, 2.05) is 18.2 Å². The van der Waals surface area contributed by atoms with Gasteiger partial charge in [-0.2, -0.15) is 4.99 Å². The summed E-state index contributed by atoms with van der Waals surface area (Å²) in [6.45, 7) is 4.95. The molecule has 4 heteroatoms. The van der Waals surface area contributed by atoms with Gasteiger partial charge in [0.05, 0.1) is 13.7 Å². The number of amidine groups is 1. The quantitative estimate of drug-likeness (QED) is 0.842. The summed E-state index contributed by atoms with van der Waals surface area (Å²) in [6.07, 6.45) is 7.04. The number of nitrogens with one attached hydrogen (secondary N) is 1. The van der Waals surface area contributed by atoms with Gasteiger partial charge in [-0.25, -0.2) is 0 Å². The van der Waals surface area contributed by atoms with Crippen LogP contribution in [0.2, 0.25) is 0 Å². The molecule has 0 amide bonds. The lowest BCUT2D eigenvalue weighted by Gasteiger charge is -2.33. The number of fused-ring (bicyclic) bond motifs is 1. The number of aliphatic imine (C=N–C) groups is 1. The normalized spacial score (nSPS) is 23.2. The van der Waals surface area contributed by atoms with Gasteiger partial charge >= 0.3 is 0 Å². The van der Waals surface area contributed by atoms with Crippen molar-refractivity contribution in [1.29, 1.82) is 0 Å². The molecule has 1 aromatic rings. The van der Waals surface area contributed by atoms with Crippen LogP contribution in [0.25, 0.3) is 0 Å².